The van der Waals surface area contributed by atoms with Crippen molar-refractivity contribution in [3.8, 4) is 11.8 Å². The minimum Gasteiger partial charge on any atom is -0.469 e. The van der Waals surface area contributed by atoms with Crippen LogP contribution in [-0.4, -0.2) is 45.0 Å². The fourth-order valence-corrected chi connectivity index (χ4v) is 6.23. The number of methoxy groups -OCH3 is 1. The Labute approximate surface area is 217 Å². The summed E-state index contributed by atoms with van der Waals surface area (Å²) in [6.45, 7) is 5.65. The lowest BCUT2D eigenvalue weighted by atomic mass is 9.88. The van der Waals surface area contributed by atoms with Crippen molar-refractivity contribution in [1.29, 1.82) is 0 Å². The van der Waals surface area contributed by atoms with Gasteiger partial charge in [0.2, 0.25) is 0 Å². The van der Waals surface area contributed by atoms with E-state index in [1.54, 1.807) is 6.08 Å². The summed E-state index contributed by atoms with van der Waals surface area (Å²) in [4.78, 5) is 12.0. The number of carbonyl (C=O) groups excluding carboxylic acids is 1. The summed E-state index contributed by atoms with van der Waals surface area (Å²) in [7, 11) is 1.44. The molecular formula is C30H44O6. The topological polar surface area (TPSA) is 63.2 Å². The van der Waals surface area contributed by atoms with Gasteiger partial charge in [-0.2, -0.15) is 0 Å². The second-order valence-electron chi connectivity index (χ2n) is 10.9. The minimum absolute atomic E-state index is 0.0448. The lowest BCUT2D eigenvalue weighted by Crippen LogP contribution is -2.34. The van der Waals surface area contributed by atoms with Gasteiger partial charge in [0.05, 0.1) is 19.8 Å². The molecule has 2 heterocycles. The summed E-state index contributed by atoms with van der Waals surface area (Å²) in [5.74, 6) is 8.37. The lowest BCUT2D eigenvalue weighted by Gasteiger charge is -2.34. The van der Waals surface area contributed by atoms with E-state index < -0.39 is 0 Å². The second kappa shape index (κ2) is 13.7. The maximum atomic E-state index is 12.0. The van der Waals surface area contributed by atoms with Crippen molar-refractivity contribution in [2.24, 2.45) is 23.7 Å². The molecule has 6 heteroatoms. The minimum atomic E-state index is -0.265. The van der Waals surface area contributed by atoms with Gasteiger partial charge >= 0.3 is 5.97 Å². The highest BCUT2D eigenvalue weighted by molar-refractivity contribution is 5.82. The summed E-state index contributed by atoms with van der Waals surface area (Å²) < 4.78 is 30.2. The van der Waals surface area contributed by atoms with Gasteiger partial charge in [0.1, 0.15) is 5.76 Å². The Bertz CT molecular complexity index is 839. The van der Waals surface area contributed by atoms with Crippen LogP contribution in [0.4, 0.5) is 0 Å². The molecule has 4 aliphatic rings. The molecule has 0 aromatic heterocycles. The number of rotatable bonds is 9. The van der Waals surface area contributed by atoms with Crippen LogP contribution in [0, 0.1) is 35.5 Å². The average Bonchev–Trinajstić information content (AvgIpc) is 3.43. The highest BCUT2D eigenvalue weighted by Gasteiger charge is 2.51. The first-order valence-corrected chi connectivity index (χ1v) is 14.0. The Balaban J connectivity index is 1.58. The van der Waals surface area contributed by atoms with Gasteiger partial charge in [-0.15, -0.1) is 11.8 Å². The number of hydrogen-bond acceptors (Lipinski definition) is 6. The van der Waals surface area contributed by atoms with Crippen LogP contribution >= 0.6 is 0 Å². The van der Waals surface area contributed by atoms with Crippen LogP contribution in [-0.2, 0) is 28.5 Å². The molecule has 2 aliphatic heterocycles. The Morgan fingerprint density at radius 3 is 2.53 bits per heavy atom. The van der Waals surface area contributed by atoms with Crippen molar-refractivity contribution in [1.82, 2.24) is 0 Å². The molecule has 2 saturated carbocycles. The van der Waals surface area contributed by atoms with Crippen molar-refractivity contribution in [3.63, 3.8) is 0 Å². The predicted octanol–water partition coefficient (Wildman–Crippen LogP) is 5.91. The van der Waals surface area contributed by atoms with Crippen molar-refractivity contribution in [2.75, 3.05) is 20.3 Å². The van der Waals surface area contributed by atoms with Gasteiger partial charge in [-0.1, -0.05) is 12.5 Å². The van der Waals surface area contributed by atoms with E-state index in [0.29, 0.717) is 17.8 Å². The number of esters is 1. The fraction of sp³-hybridized carbons (Fsp3) is 0.767. The molecule has 7 atom stereocenters. The molecule has 200 valence electrons. The smallest absolute Gasteiger partial charge is 0.330 e. The molecule has 2 aliphatic carbocycles. The molecule has 3 unspecified atom stereocenters. The van der Waals surface area contributed by atoms with Gasteiger partial charge in [0.25, 0.3) is 0 Å². The van der Waals surface area contributed by atoms with Crippen LogP contribution in [0.3, 0.4) is 0 Å². The molecule has 0 spiro atoms. The Morgan fingerprint density at radius 1 is 1.11 bits per heavy atom. The van der Waals surface area contributed by atoms with Crippen LogP contribution in [0.25, 0.3) is 0 Å². The first-order valence-electron chi connectivity index (χ1n) is 14.0. The third kappa shape index (κ3) is 7.37. The first-order chi connectivity index (χ1) is 17.6. The van der Waals surface area contributed by atoms with Crippen molar-refractivity contribution in [3.05, 3.63) is 23.5 Å². The van der Waals surface area contributed by atoms with E-state index in [9.17, 15) is 4.79 Å². The predicted molar refractivity (Wildman–Crippen MR) is 137 cm³/mol. The SMILES string of the molecule is CC#CCC(C)CC=C(OC1CCCCO1)[C@@H]1[C@@H]2CC(=CC(=O)OC)C[C@@H]2C[C@H]1OC1CCCCO1. The molecular weight excluding hydrogens is 456 g/mol. The average molecular weight is 501 g/mol. The van der Waals surface area contributed by atoms with E-state index in [2.05, 4.69) is 24.8 Å². The van der Waals surface area contributed by atoms with Crippen LogP contribution in [0.15, 0.2) is 23.5 Å². The van der Waals surface area contributed by atoms with Crippen LogP contribution in [0.2, 0.25) is 0 Å². The number of allylic oxidation sites excluding steroid dienone is 2. The number of fused-ring (bicyclic) bond motifs is 1. The Kier molecular flexibility index (Phi) is 10.3. The Hall–Kier alpha value is -1.81. The van der Waals surface area contributed by atoms with Crippen molar-refractivity contribution >= 4 is 5.97 Å². The third-order valence-corrected chi connectivity index (χ3v) is 8.09. The van der Waals surface area contributed by atoms with E-state index >= 15 is 0 Å². The quantitative estimate of drug-likeness (QED) is 0.170. The summed E-state index contributed by atoms with van der Waals surface area (Å²) in [6, 6.07) is 0. The molecule has 0 aromatic rings. The molecule has 6 nitrogen and oxygen atoms in total. The van der Waals surface area contributed by atoms with Crippen molar-refractivity contribution < 1.29 is 28.5 Å². The van der Waals surface area contributed by atoms with Crippen LogP contribution in [0.5, 0.6) is 0 Å². The molecule has 36 heavy (non-hydrogen) atoms. The molecule has 4 fully saturated rings. The van der Waals surface area contributed by atoms with Crippen LogP contribution < -0.4 is 0 Å². The first kappa shape index (κ1) is 27.2. The Morgan fingerprint density at radius 2 is 1.86 bits per heavy atom. The molecule has 2 saturated heterocycles. The van der Waals surface area contributed by atoms with Gasteiger partial charge in [-0.3, -0.25) is 0 Å². The van der Waals surface area contributed by atoms with E-state index in [1.165, 1.54) is 12.7 Å². The summed E-state index contributed by atoms with van der Waals surface area (Å²) in [5.41, 5.74) is 1.18. The van der Waals surface area contributed by atoms with E-state index in [4.69, 9.17) is 23.7 Å². The van der Waals surface area contributed by atoms with Gasteiger partial charge in [-0.05, 0) is 88.5 Å². The van der Waals surface area contributed by atoms with Gasteiger partial charge in [0.15, 0.2) is 12.6 Å². The maximum Gasteiger partial charge on any atom is 0.330 e. The second-order valence-corrected chi connectivity index (χ2v) is 10.9. The normalized spacial score (nSPS) is 34.5. The largest absolute Gasteiger partial charge is 0.469 e. The zero-order valence-electron chi connectivity index (χ0n) is 22.3. The summed E-state index contributed by atoms with van der Waals surface area (Å²) >= 11 is 0. The highest BCUT2D eigenvalue weighted by atomic mass is 16.7. The van der Waals surface area contributed by atoms with E-state index in [1.807, 2.05) is 6.92 Å². The lowest BCUT2D eigenvalue weighted by molar-refractivity contribution is -0.201. The van der Waals surface area contributed by atoms with Crippen LogP contribution in [0.1, 0.15) is 84.5 Å². The van der Waals surface area contributed by atoms with Gasteiger partial charge in [0, 0.05) is 31.4 Å². The maximum absolute atomic E-state index is 12.0. The van der Waals surface area contributed by atoms with E-state index in [0.717, 1.165) is 89.6 Å². The highest BCUT2D eigenvalue weighted by Crippen LogP contribution is 2.54. The molecule has 0 aromatic carbocycles. The molecule has 0 N–H and O–H groups in total. The fourth-order valence-electron chi connectivity index (χ4n) is 6.23. The zero-order valence-corrected chi connectivity index (χ0v) is 22.3. The number of hydrogen-bond donors (Lipinski definition) is 0. The van der Waals surface area contributed by atoms with E-state index in [-0.39, 0.29) is 30.6 Å². The zero-order chi connectivity index (χ0) is 25.3. The molecule has 4 rings (SSSR count). The standard InChI is InChI=1S/C30H44O6/c1-4-5-10-21(2)13-14-25(35-28-11-6-8-15-33-28)30-24-18-22(19-27(31)32-3)17-23(24)20-26(30)36-29-12-7-9-16-34-29/h14,19,21,23-24,26,28-30H,6-13,15-18,20H2,1-3H3/t21?,23-,24-,26-,28?,29?,30+/m1/s1. The van der Waals surface area contributed by atoms with Crippen molar-refractivity contribution in [2.45, 2.75) is 103 Å². The third-order valence-electron chi connectivity index (χ3n) is 8.09. The summed E-state index contributed by atoms with van der Waals surface area (Å²) in [6.07, 6.45) is 14.5. The van der Waals surface area contributed by atoms with Gasteiger partial charge in [-0.25, -0.2) is 4.79 Å². The molecule has 0 bridgehead atoms. The van der Waals surface area contributed by atoms with Gasteiger partial charge < -0.3 is 23.7 Å². The monoisotopic (exact) mass is 500 g/mol. The number of carbonyl (C=O) groups is 1. The molecule has 0 radical (unpaired) electrons. The number of ether oxygens (including phenoxy) is 5. The summed E-state index contributed by atoms with van der Waals surface area (Å²) in [5, 5.41) is 0. The molecule has 0 amide bonds.